The van der Waals surface area contributed by atoms with E-state index in [1.165, 1.54) is 0 Å². The van der Waals surface area contributed by atoms with Gasteiger partial charge in [0, 0.05) is 6.42 Å². The Kier molecular flexibility index (Phi) is 6.60. The smallest absolute Gasteiger partial charge is 0.310 e. The summed E-state index contributed by atoms with van der Waals surface area (Å²) in [5.41, 5.74) is 1.24. The number of cyclic esters (lactones) is 1. The van der Waals surface area contributed by atoms with Crippen LogP contribution in [0.2, 0.25) is 43.3 Å². The Morgan fingerprint density at radius 3 is 2.19 bits per heavy atom. The highest BCUT2D eigenvalue weighted by atomic mass is 28.4. The standard InChI is InChI=1S/C22H36O3Si2/c1-22(2,3)27(7,8)25-18(15-14-17-12-10-9-11-13-17)16-19-20(21(23)24-19)26(4,5)6/h9-15,18-20H,16H2,1-8H3/b15-14+/t18-,19+,20-/m0/s1. The van der Waals surface area contributed by atoms with Gasteiger partial charge in [-0.25, -0.2) is 0 Å². The second-order valence-electron chi connectivity index (χ2n) is 10.2. The van der Waals surface area contributed by atoms with Gasteiger partial charge in [0.25, 0.3) is 0 Å². The maximum atomic E-state index is 12.1. The first-order chi connectivity index (χ1) is 12.3. The average molecular weight is 405 g/mol. The Hall–Kier alpha value is -1.18. The summed E-state index contributed by atoms with van der Waals surface area (Å²) >= 11 is 0. The molecule has 0 bridgehead atoms. The van der Waals surface area contributed by atoms with Gasteiger partial charge in [0.1, 0.15) is 6.10 Å². The van der Waals surface area contributed by atoms with E-state index in [0.717, 1.165) is 12.0 Å². The number of carbonyl (C=O) groups is 1. The number of hydrogen-bond acceptors (Lipinski definition) is 3. The van der Waals surface area contributed by atoms with Crippen LogP contribution < -0.4 is 0 Å². The SMILES string of the molecule is CC(C)(C)[Si](C)(C)O[C@@H](/C=C/c1ccccc1)C[C@H]1OC(=O)[C@H]1[Si](C)(C)C. The van der Waals surface area contributed by atoms with Gasteiger partial charge in [-0.3, -0.25) is 4.79 Å². The van der Waals surface area contributed by atoms with Crippen molar-refractivity contribution in [2.45, 2.75) is 82.7 Å². The van der Waals surface area contributed by atoms with Crippen LogP contribution in [-0.2, 0) is 14.0 Å². The van der Waals surface area contributed by atoms with Crippen molar-refractivity contribution in [3.8, 4) is 0 Å². The van der Waals surface area contributed by atoms with E-state index in [2.05, 4.69) is 77.8 Å². The molecule has 0 aliphatic carbocycles. The lowest BCUT2D eigenvalue weighted by Crippen LogP contribution is -2.54. The van der Waals surface area contributed by atoms with Gasteiger partial charge in [0.05, 0.1) is 19.7 Å². The molecule has 0 spiro atoms. The molecule has 0 aromatic heterocycles. The minimum atomic E-state index is -1.93. The quantitative estimate of drug-likeness (QED) is 0.406. The Morgan fingerprint density at radius 2 is 1.70 bits per heavy atom. The van der Waals surface area contributed by atoms with Gasteiger partial charge in [-0.1, -0.05) is 82.9 Å². The third-order valence-electron chi connectivity index (χ3n) is 5.85. The molecule has 0 amide bonds. The molecule has 1 aromatic rings. The van der Waals surface area contributed by atoms with Gasteiger partial charge in [-0.05, 0) is 23.7 Å². The lowest BCUT2D eigenvalue weighted by atomic mass is 10.0. The lowest BCUT2D eigenvalue weighted by Gasteiger charge is -2.44. The molecule has 0 saturated carbocycles. The number of carbonyl (C=O) groups excluding carboxylic acids is 1. The van der Waals surface area contributed by atoms with Crippen molar-refractivity contribution in [2.75, 3.05) is 0 Å². The van der Waals surface area contributed by atoms with Crippen molar-refractivity contribution in [2.24, 2.45) is 0 Å². The van der Waals surface area contributed by atoms with Crippen molar-refractivity contribution >= 4 is 28.4 Å². The minimum Gasteiger partial charge on any atom is -0.462 e. The molecule has 1 fully saturated rings. The van der Waals surface area contributed by atoms with Crippen molar-refractivity contribution < 1.29 is 14.0 Å². The summed E-state index contributed by atoms with van der Waals surface area (Å²) in [5, 5.41) is 0.139. The topological polar surface area (TPSA) is 35.5 Å². The summed E-state index contributed by atoms with van der Waals surface area (Å²) in [7, 11) is -3.52. The monoisotopic (exact) mass is 404 g/mol. The van der Waals surface area contributed by atoms with Gasteiger partial charge in [0.15, 0.2) is 8.32 Å². The molecular formula is C22H36O3Si2. The number of ether oxygens (including phenoxy) is 1. The van der Waals surface area contributed by atoms with E-state index >= 15 is 0 Å². The Balaban J connectivity index is 2.19. The van der Waals surface area contributed by atoms with Gasteiger partial charge in [-0.15, -0.1) is 0 Å². The second kappa shape index (κ2) is 8.05. The van der Waals surface area contributed by atoms with Crippen LogP contribution in [0.1, 0.15) is 32.8 Å². The summed E-state index contributed by atoms with van der Waals surface area (Å²) in [6, 6.07) is 10.3. The number of hydrogen-bond donors (Lipinski definition) is 0. The van der Waals surface area contributed by atoms with E-state index in [1.54, 1.807) is 0 Å². The fraction of sp³-hybridized carbons (Fsp3) is 0.591. The molecule has 3 atom stereocenters. The molecule has 1 saturated heterocycles. The van der Waals surface area contributed by atoms with E-state index in [-0.39, 0.29) is 28.8 Å². The molecular weight excluding hydrogens is 368 g/mol. The summed E-state index contributed by atoms with van der Waals surface area (Å²) in [5.74, 6) is -0.0164. The molecule has 150 valence electrons. The molecule has 2 rings (SSSR count). The second-order valence-corrected chi connectivity index (χ2v) is 20.4. The van der Waals surface area contributed by atoms with E-state index < -0.39 is 16.4 Å². The Morgan fingerprint density at radius 1 is 1.11 bits per heavy atom. The third kappa shape index (κ3) is 5.65. The first kappa shape index (κ1) is 22.1. The van der Waals surface area contributed by atoms with E-state index in [9.17, 15) is 4.79 Å². The predicted octanol–water partition coefficient (Wildman–Crippen LogP) is 6.11. The van der Waals surface area contributed by atoms with Crippen LogP contribution in [0.15, 0.2) is 36.4 Å². The molecule has 1 heterocycles. The molecule has 1 aliphatic rings. The van der Waals surface area contributed by atoms with Crippen LogP contribution in [0, 0.1) is 0 Å². The van der Waals surface area contributed by atoms with Crippen LogP contribution in [0.4, 0.5) is 0 Å². The van der Waals surface area contributed by atoms with Crippen molar-refractivity contribution in [3.63, 3.8) is 0 Å². The molecule has 5 heteroatoms. The first-order valence-electron chi connectivity index (χ1n) is 9.93. The summed E-state index contributed by atoms with van der Waals surface area (Å²) in [6.45, 7) is 18.1. The van der Waals surface area contributed by atoms with Crippen LogP contribution in [-0.4, -0.2) is 34.6 Å². The normalized spacial score (nSPS) is 22.4. The molecule has 27 heavy (non-hydrogen) atoms. The average Bonchev–Trinajstić information content (AvgIpc) is 2.49. The van der Waals surface area contributed by atoms with Gasteiger partial charge in [0.2, 0.25) is 0 Å². The highest BCUT2D eigenvalue weighted by molar-refractivity contribution is 6.81. The van der Waals surface area contributed by atoms with Crippen LogP contribution >= 0.6 is 0 Å². The zero-order valence-electron chi connectivity index (χ0n) is 18.2. The summed E-state index contributed by atoms with van der Waals surface area (Å²) in [4.78, 5) is 12.1. The fourth-order valence-corrected chi connectivity index (χ4v) is 6.58. The predicted molar refractivity (Wildman–Crippen MR) is 119 cm³/mol. The molecule has 0 N–H and O–H groups in total. The molecule has 1 aromatic carbocycles. The lowest BCUT2D eigenvalue weighted by molar-refractivity contribution is -0.171. The van der Waals surface area contributed by atoms with Crippen LogP contribution in [0.3, 0.4) is 0 Å². The van der Waals surface area contributed by atoms with E-state index in [0.29, 0.717) is 0 Å². The largest absolute Gasteiger partial charge is 0.462 e. The van der Waals surface area contributed by atoms with Crippen LogP contribution in [0.25, 0.3) is 6.08 Å². The molecule has 1 aliphatic heterocycles. The number of esters is 1. The Bertz CT molecular complexity index is 669. The van der Waals surface area contributed by atoms with Gasteiger partial charge in [-0.2, -0.15) is 0 Å². The molecule has 3 nitrogen and oxygen atoms in total. The Labute approximate surface area is 167 Å². The number of benzene rings is 1. The number of rotatable bonds is 7. The highest BCUT2D eigenvalue weighted by Crippen LogP contribution is 2.42. The van der Waals surface area contributed by atoms with Crippen molar-refractivity contribution in [3.05, 3.63) is 42.0 Å². The van der Waals surface area contributed by atoms with Crippen molar-refractivity contribution in [1.29, 1.82) is 0 Å². The van der Waals surface area contributed by atoms with E-state index in [4.69, 9.17) is 9.16 Å². The summed E-state index contributed by atoms with van der Waals surface area (Å²) < 4.78 is 12.3. The zero-order valence-corrected chi connectivity index (χ0v) is 20.2. The maximum Gasteiger partial charge on any atom is 0.310 e. The van der Waals surface area contributed by atoms with Crippen molar-refractivity contribution in [1.82, 2.24) is 0 Å². The van der Waals surface area contributed by atoms with Gasteiger partial charge >= 0.3 is 5.97 Å². The fourth-order valence-electron chi connectivity index (χ4n) is 3.20. The maximum absolute atomic E-state index is 12.1. The summed E-state index contributed by atoms with van der Waals surface area (Å²) in [6.07, 6.45) is 4.98. The van der Waals surface area contributed by atoms with Gasteiger partial charge < -0.3 is 9.16 Å². The van der Waals surface area contributed by atoms with Crippen LogP contribution in [0.5, 0.6) is 0 Å². The highest BCUT2D eigenvalue weighted by Gasteiger charge is 2.51. The van der Waals surface area contributed by atoms with E-state index in [1.807, 2.05) is 18.2 Å². The zero-order chi connectivity index (χ0) is 20.5. The molecule has 0 radical (unpaired) electrons. The third-order valence-corrected chi connectivity index (χ3v) is 12.8. The first-order valence-corrected chi connectivity index (χ1v) is 16.4. The molecule has 0 unspecified atom stereocenters. The minimum absolute atomic E-state index is 0.0145.